The van der Waals surface area contributed by atoms with E-state index in [0.29, 0.717) is 36.0 Å². The first kappa shape index (κ1) is 21.5. The lowest BCUT2D eigenvalue weighted by Gasteiger charge is -2.43. The lowest BCUT2D eigenvalue weighted by Crippen LogP contribution is -2.53. The molecule has 2 saturated heterocycles. The summed E-state index contributed by atoms with van der Waals surface area (Å²) in [6.45, 7) is 4.80. The first-order chi connectivity index (χ1) is 15.7. The Bertz CT molecular complexity index is 940. The molecule has 2 aliphatic heterocycles. The molecule has 32 heavy (non-hydrogen) atoms. The number of nitrogens with one attached hydrogen (secondary N) is 2. The van der Waals surface area contributed by atoms with E-state index in [1.54, 1.807) is 0 Å². The van der Waals surface area contributed by atoms with Gasteiger partial charge >= 0.3 is 0 Å². The van der Waals surface area contributed by atoms with Crippen molar-refractivity contribution in [3.8, 4) is 0 Å². The highest BCUT2D eigenvalue weighted by Gasteiger charge is 2.37. The number of H-pyrrole nitrogens is 1. The summed E-state index contributed by atoms with van der Waals surface area (Å²) in [4.78, 5) is 33.2. The van der Waals surface area contributed by atoms with E-state index in [4.69, 9.17) is 4.74 Å². The Morgan fingerprint density at radius 3 is 2.53 bits per heavy atom. The number of piperidine rings is 1. The van der Waals surface area contributed by atoms with Crippen molar-refractivity contribution in [2.24, 2.45) is 5.92 Å². The number of hydrogen-bond donors (Lipinski definition) is 2. The summed E-state index contributed by atoms with van der Waals surface area (Å²) >= 11 is 0. The molecule has 3 fully saturated rings. The molecule has 5 rings (SSSR count). The zero-order chi connectivity index (χ0) is 21.9. The fourth-order valence-electron chi connectivity index (χ4n) is 5.36. The van der Waals surface area contributed by atoms with E-state index in [1.807, 2.05) is 30.5 Å². The number of nitrogens with zero attached hydrogens (tertiary/aromatic N) is 2. The van der Waals surface area contributed by atoms with Crippen molar-refractivity contribution < 1.29 is 14.3 Å². The molecular weight excluding hydrogens is 404 g/mol. The topological polar surface area (TPSA) is 77.7 Å². The number of likely N-dealkylation sites (tertiary alicyclic amines) is 1. The summed E-state index contributed by atoms with van der Waals surface area (Å²) in [6, 6.07) is 8.69. The molecule has 2 amide bonds. The van der Waals surface area contributed by atoms with Gasteiger partial charge in [-0.1, -0.05) is 6.07 Å². The summed E-state index contributed by atoms with van der Waals surface area (Å²) in [7, 11) is 0. The van der Waals surface area contributed by atoms with Crippen LogP contribution < -0.4 is 5.32 Å². The van der Waals surface area contributed by atoms with Crippen molar-refractivity contribution in [3.63, 3.8) is 0 Å². The second-order valence-corrected chi connectivity index (χ2v) is 9.41. The molecule has 2 aromatic rings. The summed E-state index contributed by atoms with van der Waals surface area (Å²) in [5.41, 5.74) is 1.70. The molecule has 7 nitrogen and oxygen atoms in total. The molecule has 0 atom stereocenters. The number of hydrogen-bond acceptors (Lipinski definition) is 4. The highest BCUT2D eigenvalue weighted by atomic mass is 16.5. The number of ether oxygens (including phenoxy) is 1. The van der Waals surface area contributed by atoms with Crippen LogP contribution in [0.15, 0.2) is 30.5 Å². The van der Waals surface area contributed by atoms with Crippen LogP contribution in [-0.2, 0) is 9.53 Å². The summed E-state index contributed by atoms with van der Waals surface area (Å²) in [6.07, 6.45) is 8.13. The maximum Gasteiger partial charge on any atom is 0.252 e. The van der Waals surface area contributed by atoms with E-state index >= 15 is 0 Å². The van der Waals surface area contributed by atoms with Gasteiger partial charge in [-0.2, -0.15) is 0 Å². The Balaban J connectivity index is 1.19. The first-order valence-electron chi connectivity index (χ1n) is 12.2. The van der Waals surface area contributed by atoms with Gasteiger partial charge in [0.15, 0.2) is 0 Å². The van der Waals surface area contributed by atoms with E-state index in [-0.39, 0.29) is 5.91 Å². The van der Waals surface area contributed by atoms with Gasteiger partial charge in [-0.05, 0) is 56.7 Å². The Kier molecular flexibility index (Phi) is 6.46. The van der Waals surface area contributed by atoms with Crippen LogP contribution in [0.25, 0.3) is 10.9 Å². The van der Waals surface area contributed by atoms with Gasteiger partial charge in [-0.15, -0.1) is 0 Å². The average Bonchev–Trinajstić information content (AvgIpc) is 3.58. The van der Waals surface area contributed by atoms with Crippen LogP contribution in [0.2, 0.25) is 0 Å². The SMILES string of the molecule is O=C(NCCN(C1CCOCC1)C1CCN(C(=O)C2CC2)CC1)c1cccc2[nH]ccc12. The number of aromatic amines is 1. The zero-order valence-corrected chi connectivity index (χ0v) is 18.7. The van der Waals surface area contributed by atoms with Crippen molar-refractivity contribution in [1.29, 1.82) is 0 Å². The molecule has 7 heteroatoms. The zero-order valence-electron chi connectivity index (χ0n) is 18.7. The third-order valence-corrected chi connectivity index (χ3v) is 7.33. The normalized spacial score (nSPS) is 20.7. The number of carbonyl (C=O) groups is 2. The smallest absolute Gasteiger partial charge is 0.252 e. The highest BCUT2D eigenvalue weighted by Crippen LogP contribution is 2.32. The van der Waals surface area contributed by atoms with Gasteiger partial charge in [-0.3, -0.25) is 14.5 Å². The molecule has 1 aromatic carbocycles. The standard InChI is InChI=1S/C25H34N4O3/c30-24(22-2-1-3-23-21(22)6-11-26-23)27-12-15-29(20-9-16-32-17-10-20)19-7-13-28(14-8-19)25(31)18-4-5-18/h1-3,6,11,18-20,26H,4-5,7-10,12-17H2,(H,27,30). The van der Waals surface area contributed by atoms with Crippen LogP contribution in [0.1, 0.15) is 48.9 Å². The molecule has 0 spiro atoms. The Morgan fingerprint density at radius 2 is 1.78 bits per heavy atom. The fourth-order valence-corrected chi connectivity index (χ4v) is 5.36. The van der Waals surface area contributed by atoms with E-state index in [0.717, 1.165) is 82.3 Å². The van der Waals surface area contributed by atoms with Crippen molar-refractivity contribution in [1.82, 2.24) is 20.1 Å². The molecule has 1 aromatic heterocycles. The first-order valence-corrected chi connectivity index (χ1v) is 12.2. The van der Waals surface area contributed by atoms with Gasteiger partial charge in [-0.25, -0.2) is 0 Å². The molecule has 1 aliphatic carbocycles. The van der Waals surface area contributed by atoms with Crippen LogP contribution in [0.3, 0.4) is 0 Å². The summed E-state index contributed by atoms with van der Waals surface area (Å²) < 4.78 is 5.60. The van der Waals surface area contributed by atoms with Gasteiger partial charge < -0.3 is 19.9 Å². The third-order valence-electron chi connectivity index (χ3n) is 7.33. The van der Waals surface area contributed by atoms with Gasteiger partial charge in [0.2, 0.25) is 5.91 Å². The fraction of sp³-hybridized carbons (Fsp3) is 0.600. The highest BCUT2D eigenvalue weighted by molar-refractivity contribution is 6.06. The predicted molar refractivity (Wildman–Crippen MR) is 124 cm³/mol. The Morgan fingerprint density at radius 1 is 1.03 bits per heavy atom. The van der Waals surface area contributed by atoms with E-state index in [9.17, 15) is 9.59 Å². The molecule has 3 heterocycles. The number of benzene rings is 1. The van der Waals surface area contributed by atoms with Crippen LogP contribution in [-0.4, -0.2) is 78.1 Å². The second kappa shape index (κ2) is 9.63. The third kappa shape index (κ3) is 4.69. The Hall–Kier alpha value is -2.38. The Labute approximate surface area is 189 Å². The van der Waals surface area contributed by atoms with Gasteiger partial charge in [0.05, 0.1) is 0 Å². The second-order valence-electron chi connectivity index (χ2n) is 9.41. The summed E-state index contributed by atoms with van der Waals surface area (Å²) in [5.74, 6) is 0.650. The molecule has 0 radical (unpaired) electrons. The number of fused-ring (bicyclic) bond motifs is 1. The van der Waals surface area contributed by atoms with Crippen LogP contribution in [0.4, 0.5) is 0 Å². The van der Waals surface area contributed by atoms with Crippen molar-refractivity contribution in [2.45, 2.75) is 50.6 Å². The number of amides is 2. The molecule has 2 N–H and O–H groups in total. The maximum atomic E-state index is 12.9. The van der Waals surface area contributed by atoms with Gasteiger partial charge in [0.1, 0.15) is 0 Å². The lowest BCUT2D eigenvalue weighted by atomic mass is 9.97. The molecule has 172 valence electrons. The monoisotopic (exact) mass is 438 g/mol. The van der Waals surface area contributed by atoms with Gasteiger partial charge in [0.25, 0.3) is 5.91 Å². The van der Waals surface area contributed by atoms with E-state index in [2.05, 4.69) is 20.1 Å². The lowest BCUT2D eigenvalue weighted by molar-refractivity contribution is -0.134. The molecule has 0 unspecified atom stereocenters. The quantitative estimate of drug-likeness (QED) is 0.697. The number of aromatic nitrogens is 1. The van der Waals surface area contributed by atoms with Crippen molar-refractivity contribution >= 4 is 22.7 Å². The minimum absolute atomic E-state index is 0.0213. The molecule has 1 saturated carbocycles. The largest absolute Gasteiger partial charge is 0.381 e. The van der Waals surface area contributed by atoms with Gasteiger partial charge in [0, 0.05) is 80.1 Å². The van der Waals surface area contributed by atoms with Crippen LogP contribution >= 0.6 is 0 Å². The average molecular weight is 439 g/mol. The summed E-state index contributed by atoms with van der Waals surface area (Å²) in [5, 5.41) is 4.11. The molecular formula is C25H34N4O3. The van der Waals surface area contributed by atoms with E-state index < -0.39 is 0 Å². The van der Waals surface area contributed by atoms with Crippen molar-refractivity contribution in [3.05, 3.63) is 36.0 Å². The molecule has 0 bridgehead atoms. The van der Waals surface area contributed by atoms with E-state index in [1.165, 1.54) is 0 Å². The van der Waals surface area contributed by atoms with Crippen LogP contribution in [0.5, 0.6) is 0 Å². The van der Waals surface area contributed by atoms with Crippen molar-refractivity contribution in [2.75, 3.05) is 39.4 Å². The van der Waals surface area contributed by atoms with Crippen LogP contribution in [0, 0.1) is 5.92 Å². The minimum atomic E-state index is -0.0213. The number of rotatable bonds is 7. The minimum Gasteiger partial charge on any atom is -0.381 e. The maximum absolute atomic E-state index is 12.9. The molecule has 3 aliphatic rings. The predicted octanol–water partition coefficient (Wildman–Crippen LogP) is 2.78. The number of carbonyl (C=O) groups excluding carboxylic acids is 2.